The summed E-state index contributed by atoms with van der Waals surface area (Å²) in [6, 6.07) is 6.05. The number of piperidine rings is 1. The van der Waals surface area contributed by atoms with E-state index in [1.807, 2.05) is 0 Å². The summed E-state index contributed by atoms with van der Waals surface area (Å²) in [4.78, 5) is 16.0. The Kier molecular flexibility index (Phi) is 3.91. The first-order chi connectivity index (χ1) is 9.19. The Hall–Kier alpha value is -0.458. The van der Waals surface area contributed by atoms with Gasteiger partial charge in [-0.2, -0.15) is 0 Å². The van der Waals surface area contributed by atoms with Crippen LogP contribution in [0.1, 0.15) is 27.4 Å². The zero-order valence-electron chi connectivity index (χ0n) is 10.6. The van der Waals surface area contributed by atoms with Crippen molar-refractivity contribution in [3.8, 4) is 6.07 Å². The van der Waals surface area contributed by atoms with E-state index in [4.69, 9.17) is 5.26 Å². The first-order valence-electron chi connectivity index (χ1n) is 6.49. The third-order valence-electron chi connectivity index (χ3n) is 4.00. The first-order valence-corrected chi connectivity index (χ1v) is 9.32. The Morgan fingerprint density at radius 1 is 1.47 bits per heavy atom. The van der Waals surface area contributed by atoms with Crippen molar-refractivity contribution in [3.05, 3.63) is 21.9 Å². The van der Waals surface area contributed by atoms with Crippen LogP contribution < -0.4 is 0 Å². The fourth-order valence-electron chi connectivity index (χ4n) is 3.12. The number of carbonyl (C=O) groups is 1. The SMILES string of the molecule is N#Cc1ccc(C(=O)N2CCC[C@@H]3C[N]([Tl])CC32)s1. The van der Waals surface area contributed by atoms with Crippen LogP contribution in [0.2, 0.25) is 0 Å². The minimum atomic E-state index is 0.126. The summed E-state index contributed by atoms with van der Waals surface area (Å²) in [6.45, 7) is 3.10. The Bertz CT molecular complexity index is 538. The fraction of sp³-hybridized carbons (Fsp3) is 0.538. The average molecular weight is 465 g/mol. The molecule has 1 aromatic heterocycles. The maximum absolute atomic E-state index is 12.6. The predicted octanol–water partition coefficient (Wildman–Crippen LogP) is 1.24. The van der Waals surface area contributed by atoms with E-state index in [1.165, 1.54) is 24.3 Å². The molecule has 0 spiro atoms. The van der Waals surface area contributed by atoms with E-state index in [-0.39, 0.29) is 5.91 Å². The predicted molar refractivity (Wildman–Crippen MR) is 73.9 cm³/mol. The molecule has 96 valence electrons. The normalized spacial score (nSPS) is 26.9. The molecule has 4 nitrogen and oxygen atoms in total. The van der Waals surface area contributed by atoms with Crippen LogP contribution in [0.5, 0.6) is 0 Å². The van der Waals surface area contributed by atoms with Crippen molar-refractivity contribution in [2.75, 3.05) is 19.6 Å². The van der Waals surface area contributed by atoms with Crippen LogP contribution >= 0.6 is 11.3 Å². The molecule has 2 atom stereocenters. The van der Waals surface area contributed by atoms with E-state index in [2.05, 4.69) is 13.7 Å². The Labute approximate surface area is 133 Å². The van der Waals surface area contributed by atoms with Gasteiger partial charge < -0.3 is 0 Å². The van der Waals surface area contributed by atoms with Crippen LogP contribution in [0.3, 0.4) is 0 Å². The molecule has 6 heteroatoms. The van der Waals surface area contributed by atoms with Crippen molar-refractivity contribution < 1.29 is 4.79 Å². The second kappa shape index (κ2) is 5.50. The fourth-order valence-corrected chi connectivity index (χ4v) is 5.77. The molecule has 19 heavy (non-hydrogen) atoms. The summed E-state index contributed by atoms with van der Waals surface area (Å²) in [6.07, 6.45) is 2.37. The second-order valence-corrected chi connectivity index (χ2v) is 9.12. The van der Waals surface area contributed by atoms with E-state index in [0.717, 1.165) is 45.6 Å². The van der Waals surface area contributed by atoms with Crippen molar-refractivity contribution in [1.82, 2.24) is 7.61 Å². The first kappa shape index (κ1) is 13.5. The van der Waals surface area contributed by atoms with Gasteiger partial charge in [0, 0.05) is 0 Å². The summed E-state index contributed by atoms with van der Waals surface area (Å²) >= 11 is 2.19. The van der Waals surface area contributed by atoms with Gasteiger partial charge in [0.2, 0.25) is 0 Å². The topological polar surface area (TPSA) is 47.3 Å². The van der Waals surface area contributed by atoms with Crippen molar-refractivity contribution >= 4 is 43.3 Å². The Morgan fingerprint density at radius 3 is 3.05 bits per heavy atom. The molecule has 2 saturated heterocycles. The third kappa shape index (κ3) is 2.58. The number of nitrogens with zero attached hydrogens (tertiary/aromatic N) is 3. The number of nitriles is 1. The molecule has 0 aromatic carbocycles. The Morgan fingerprint density at radius 2 is 2.32 bits per heavy atom. The van der Waals surface area contributed by atoms with Gasteiger partial charge in [-0.15, -0.1) is 0 Å². The summed E-state index contributed by atoms with van der Waals surface area (Å²) in [7, 11) is 0. The van der Waals surface area contributed by atoms with Crippen molar-refractivity contribution in [2.24, 2.45) is 5.92 Å². The molecule has 0 radical (unpaired) electrons. The second-order valence-electron chi connectivity index (χ2n) is 5.20. The van der Waals surface area contributed by atoms with E-state index >= 15 is 0 Å². The van der Waals surface area contributed by atoms with E-state index in [9.17, 15) is 4.79 Å². The number of hydrogen-bond acceptors (Lipinski definition) is 4. The monoisotopic (exact) mass is 465 g/mol. The van der Waals surface area contributed by atoms with E-state index in [0.29, 0.717) is 21.7 Å². The van der Waals surface area contributed by atoms with Crippen molar-refractivity contribution in [1.29, 1.82) is 5.26 Å². The van der Waals surface area contributed by atoms with Crippen LogP contribution in [-0.4, -0.2) is 65.3 Å². The van der Waals surface area contributed by atoms with Gasteiger partial charge in [-0.05, 0) is 0 Å². The molecule has 3 heterocycles. The minimum absolute atomic E-state index is 0.126. The van der Waals surface area contributed by atoms with E-state index in [1.54, 1.807) is 12.1 Å². The molecule has 3 rings (SSSR count). The van der Waals surface area contributed by atoms with Gasteiger partial charge in [-0.25, -0.2) is 0 Å². The van der Waals surface area contributed by atoms with Gasteiger partial charge in [0.15, 0.2) is 0 Å². The molecule has 2 aliphatic heterocycles. The molecule has 2 fully saturated rings. The number of likely N-dealkylation sites (tertiary alicyclic amines) is 1. The average Bonchev–Trinajstić information content (AvgIpc) is 3.02. The van der Waals surface area contributed by atoms with Crippen molar-refractivity contribution in [3.63, 3.8) is 0 Å². The standard InChI is InChI=1S/C13H14N3OS.Tl/c14-6-10-3-4-12(18-10)13(17)16-5-1-2-9-7-15-8-11(9)16;/h3-4,9,11H,1-2,5,7-8H2;/q-1;+1/t9-,11?;/m1./s1. The molecule has 1 amide bonds. The zero-order chi connectivity index (χ0) is 13.4. The number of amides is 1. The molecule has 1 unspecified atom stereocenters. The van der Waals surface area contributed by atoms with Gasteiger partial charge in [-0.3, -0.25) is 0 Å². The summed E-state index contributed by atoms with van der Waals surface area (Å²) < 4.78 is 2.48. The number of carbonyl (C=O) groups excluding carboxylic acids is 1. The number of rotatable bonds is 1. The zero-order valence-corrected chi connectivity index (χ0v) is 15.9. The molecular formula is C13H14N3OSTl. The number of hydrogen-bond donors (Lipinski definition) is 0. The summed E-state index contributed by atoms with van der Waals surface area (Å²) in [5.74, 6) is 0.791. The Balaban J connectivity index is 1.81. The molecule has 0 N–H and O–H groups in total. The van der Waals surface area contributed by atoms with Crippen LogP contribution in [0.4, 0.5) is 0 Å². The van der Waals surface area contributed by atoms with Gasteiger partial charge >= 0.3 is 133 Å². The van der Waals surface area contributed by atoms with Crippen LogP contribution in [0.15, 0.2) is 12.1 Å². The quantitative estimate of drug-likeness (QED) is 0.588. The molecule has 0 aliphatic carbocycles. The number of thiophene rings is 1. The molecule has 0 saturated carbocycles. The van der Waals surface area contributed by atoms with Crippen molar-refractivity contribution in [2.45, 2.75) is 18.9 Å². The van der Waals surface area contributed by atoms with Crippen LogP contribution in [0.25, 0.3) is 0 Å². The third-order valence-corrected chi connectivity index (χ3v) is 6.61. The van der Waals surface area contributed by atoms with Crippen LogP contribution in [0, 0.1) is 17.2 Å². The summed E-state index contributed by atoms with van der Waals surface area (Å²) in [5, 5.41) is 8.86. The molecule has 1 aromatic rings. The van der Waals surface area contributed by atoms with Gasteiger partial charge in [0.1, 0.15) is 0 Å². The van der Waals surface area contributed by atoms with E-state index < -0.39 is 0 Å². The maximum atomic E-state index is 12.6. The molecule has 0 bridgehead atoms. The molecular weight excluding hydrogens is 451 g/mol. The van der Waals surface area contributed by atoms with Gasteiger partial charge in [-0.1, -0.05) is 0 Å². The summed E-state index contributed by atoms with van der Waals surface area (Å²) in [5.41, 5.74) is 0. The van der Waals surface area contributed by atoms with Crippen LogP contribution in [-0.2, 0) is 0 Å². The molecule has 2 aliphatic rings. The number of fused-ring (bicyclic) bond motifs is 1. The van der Waals surface area contributed by atoms with Gasteiger partial charge in [0.25, 0.3) is 0 Å². The van der Waals surface area contributed by atoms with Gasteiger partial charge in [0.05, 0.1) is 0 Å².